The molecule has 0 bridgehead atoms. The molecule has 0 spiro atoms. The monoisotopic (exact) mass is 660 g/mol. The van der Waals surface area contributed by atoms with Crippen molar-refractivity contribution in [3.63, 3.8) is 0 Å². The highest BCUT2D eigenvalue weighted by atomic mass is 19.4. The van der Waals surface area contributed by atoms with Crippen LogP contribution in [0.2, 0.25) is 0 Å². The van der Waals surface area contributed by atoms with Crippen molar-refractivity contribution in [2.75, 3.05) is 6.61 Å². The van der Waals surface area contributed by atoms with Crippen LogP contribution in [0.1, 0.15) is 86.8 Å². The minimum Gasteiger partial charge on any atom is -0.494 e. The van der Waals surface area contributed by atoms with Crippen LogP contribution in [-0.2, 0) is 22.8 Å². The number of nitrogens with zero attached hydrogens (tertiary/aromatic N) is 1. The molecule has 1 aromatic heterocycles. The molecule has 0 aliphatic rings. The van der Waals surface area contributed by atoms with Crippen molar-refractivity contribution in [1.29, 1.82) is 0 Å². The number of aliphatic carboxylic acids is 1. The Morgan fingerprint density at radius 2 is 1.48 bits per heavy atom. The van der Waals surface area contributed by atoms with E-state index in [1.807, 2.05) is 12.1 Å². The number of pyridine rings is 1. The van der Waals surface area contributed by atoms with Gasteiger partial charge in [-0.25, -0.2) is 4.79 Å². The third-order valence-electron chi connectivity index (χ3n) is 8.20. The maximum absolute atomic E-state index is 14.2. The molecule has 0 aliphatic carbocycles. The molecule has 6 nitrogen and oxygen atoms in total. The van der Waals surface area contributed by atoms with Crippen molar-refractivity contribution in [2.24, 2.45) is 0 Å². The van der Waals surface area contributed by atoms with Crippen molar-refractivity contribution < 1.29 is 32.6 Å². The smallest absolute Gasteiger partial charge is 0.417 e. The molecule has 0 fully saturated rings. The fourth-order valence-electron chi connectivity index (χ4n) is 5.31. The van der Waals surface area contributed by atoms with Gasteiger partial charge < -0.3 is 15.2 Å². The van der Waals surface area contributed by atoms with Gasteiger partial charge in [-0.3, -0.25) is 9.78 Å². The highest BCUT2D eigenvalue weighted by Gasteiger charge is 2.34. The number of amides is 1. The summed E-state index contributed by atoms with van der Waals surface area (Å²) in [5.41, 5.74) is 1.97. The summed E-state index contributed by atoms with van der Waals surface area (Å²) >= 11 is 0. The lowest BCUT2D eigenvalue weighted by atomic mass is 9.86. The molecule has 2 N–H and O–H groups in total. The van der Waals surface area contributed by atoms with Crippen molar-refractivity contribution in [1.82, 2.24) is 10.3 Å². The molecule has 1 amide bonds. The molecular weight excluding hydrogens is 617 g/mol. The van der Waals surface area contributed by atoms with E-state index in [1.165, 1.54) is 12.6 Å². The number of unbranched alkanes of at least 4 members (excludes halogenated alkanes) is 4. The molecular formula is C39H43F3N2O4. The predicted molar refractivity (Wildman–Crippen MR) is 182 cm³/mol. The Balaban J connectivity index is 1.45. The molecule has 48 heavy (non-hydrogen) atoms. The van der Waals surface area contributed by atoms with Crippen LogP contribution >= 0.6 is 0 Å². The molecule has 9 heteroatoms. The lowest BCUT2D eigenvalue weighted by Crippen LogP contribution is -2.42. The van der Waals surface area contributed by atoms with Crippen molar-refractivity contribution >= 4 is 11.9 Å². The summed E-state index contributed by atoms with van der Waals surface area (Å²) in [6, 6.07) is 19.8. The number of hydrogen-bond donors (Lipinski definition) is 2. The first-order chi connectivity index (χ1) is 22.8. The molecule has 1 atom stereocenters. The topological polar surface area (TPSA) is 88.5 Å². The van der Waals surface area contributed by atoms with Gasteiger partial charge in [0.1, 0.15) is 11.8 Å². The van der Waals surface area contributed by atoms with Gasteiger partial charge in [0.2, 0.25) is 0 Å². The van der Waals surface area contributed by atoms with Gasteiger partial charge in [0.15, 0.2) is 0 Å². The van der Waals surface area contributed by atoms with Gasteiger partial charge >= 0.3 is 12.1 Å². The average molecular weight is 661 g/mol. The molecule has 1 heterocycles. The molecule has 0 saturated carbocycles. The Hall–Kier alpha value is -4.66. The van der Waals surface area contributed by atoms with Gasteiger partial charge in [-0.15, -0.1) is 0 Å². The molecule has 4 aromatic rings. The highest BCUT2D eigenvalue weighted by molar-refractivity contribution is 5.96. The van der Waals surface area contributed by atoms with E-state index >= 15 is 0 Å². The van der Waals surface area contributed by atoms with Crippen LogP contribution in [0.25, 0.3) is 22.4 Å². The molecule has 0 saturated heterocycles. The van der Waals surface area contributed by atoms with E-state index in [-0.39, 0.29) is 23.1 Å². The second kappa shape index (κ2) is 16.0. The van der Waals surface area contributed by atoms with Crippen LogP contribution in [-0.4, -0.2) is 34.6 Å². The molecule has 0 radical (unpaired) electrons. The molecule has 254 valence electrons. The van der Waals surface area contributed by atoms with Crippen LogP contribution in [0, 0.1) is 0 Å². The number of carboxylic acid groups (broad SMARTS) is 1. The number of aromatic nitrogens is 1. The number of benzene rings is 3. The number of alkyl halides is 3. The summed E-state index contributed by atoms with van der Waals surface area (Å²) in [6.45, 7) is 8.88. The zero-order chi connectivity index (χ0) is 34.9. The third-order valence-corrected chi connectivity index (χ3v) is 8.20. The van der Waals surface area contributed by atoms with E-state index in [0.29, 0.717) is 34.6 Å². The number of carbonyl (C=O) groups excluding carboxylic acids is 1. The predicted octanol–water partition coefficient (Wildman–Crippen LogP) is 9.51. The number of carboxylic acids is 1. The van der Waals surface area contributed by atoms with Gasteiger partial charge in [0, 0.05) is 29.3 Å². The Bertz CT molecular complexity index is 1660. The zero-order valence-corrected chi connectivity index (χ0v) is 27.9. The Labute approximate surface area is 280 Å². The van der Waals surface area contributed by atoms with E-state index < -0.39 is 29.7 Å². The summed E-state index contributed by atoms with van der Waals surface area (Å²) < 4.78 is 48.5. The summed E-state index contributed by atoms with van der Waals surface area (Å²) in [5.74, 6) is -1.11. The minimum absolute atomic E-state index is 0.0137. The van der Waals surface area contributed by atoms with E-state index in [4.69, 9.17) is 4.74 Å². The van der Waals surface area contributed by atoms with E-state index in [9.17, 15) is 27.9 Å². The number of ether oxygens (including phenoxy) is 1. The normalized spacial score (nSPS) is 12.4. The summed E-state index contributed by atoms with van der Waals surface area (Å²) in [7, 11) is 0. The SMILES string of the molecule is CCCCCCCOc1ccc(-c2cnc(-c3ccc(CC(NC(=O)c4ccc(C(C)(C)C)cc4)C(=O)O)cc3)cc2C(F)(F)F)cc1. The maximum atomic E-state index is 14.2. The number of hydrogen-bond acceptors (Lipinski definition) is 4. The van der Waals surface area contributed by atoms with Gasteiger partial charge in [0.25, 0.3) is 5.91 Å². The van der Waals surface area contributed by atoms with Crippen LogP contribution < -0.4 is 10.1 Å². The lowest BCUT2D eigenvalue weighted by Gasteiger charge is -2.19. The second-order valence-electron chi connectivity index (χ2n) is 13.0. The van der Waals surface area contributed by atoms with Crippen LogP contribution in [0.5, 0.6) is 5.75 Å². The highest BCUT2D eigenvalue weighted by Crippen LogP contribution is 2.39. The first kappa shape index (κ1) is 36.2. The Kier molecular flexibility index (Phi) is 12.0. The van der Waals surface area contributed by atoms with E-state index in [0.717, 1.165) is 37.3 Å². The third kappa shape index (κ3) is 9.92. The minimum atomic E-state index is -4.62. The fraction of sp³-hybridized carbons (Fsp3) is 0.359. The standard InChI is InChI=1S/C39H43F3N2O4/c1-5-6-7-8-9-22-48-31-20-16-27(17-21-31)32-25-43-34(24-33(32)39(40,41)42)28-12-10-26(11-13-28)23-35(37(46)47)44-36(45)29-14-18-30(19-15-29)38(2,3)4/h10-21,24-25,35H,5-9,22-23H2,1-4H3,(H,44,45)(H,46,47). The van der Waals surface area contributed by atoms with Gasteiger partial charge in [0.05, 0.1) is 17.9 Å². The molecule has 1 unspecified atom stereocenters. The zero-order valence-electron chi connectivity index (χ0n) is 27.9. The molecule has 0 aliphatic heterocycles. The van der Waals surface area contributed by atoms with Gasteiger partial charge in [-0.05, 0) is 58.9 Å². The van der Waals surface area contributed by atoms with Crippen molar-refractivity contribution in [2.45, 2.75) is 83.9 Å². The van der Waals surface area contributed by atoms with E-state index in [2.05, 4.69) is 38.0 Å². The molecule has 3 aromatic carbocycles. The number of nitrogens with one attached hydrogen (secondary N) is 1. The van der Waals surface area contributed by atoms with E-state index in [1.54, 1.807) is 60.7 Å². The Morgan fingerprint density at radius 3 is 2.06 bits per heavy atom. The Morgan fingerprint density at radius 1 is 0.854 bits per heavy atom. The second-order valence-corrected chi connectivity index (χ2v) is 13.0. The van der Waals surface area contributed by atoms with Gasteiger partial charge in [-0.1, -0.05) is 102 Å². The average Bonchev–Trinajstić information content (AvgIpc) is 3.05. The molecule has 4 rings (SSSR count). The van der Waals surface area contributed by atoms with Crippen LogP contribution in [0.15, 0.2) is 85.1 Å². The van der Waals surface area contributed by atoms with Crippen molar-refractivity contribution in [3.8, 4) is 28.1 Å². The number of halogens is 3. The van der Waals surface area contributed by atoms with Crippen LogP contribution in [0.3, 0.4) is 0 Å². The lowest BCUT2D eigenvalue weighted by molar-refractivity contribution is -0.139. The fourth-order valence-corrected chi connectivity index (χ4v) is 5.31. The summed E-state index contributed by atoms with van der Waals surface area (Å²) in [5, 5.41) is 12.4. The summed E-state index contributed by atoms with van der Waals surface area (Å²) in [6.07, 6.45) is 2.10. The quantitative estimate of drug-likeness (QED) is 0.132. The first-order valence-corrected chi connectivity index (χ1v) is 16.3. The largest absolute Gasteiger partial charge is 0.494 e. The number of rotatable bonds is 14. The maximum Gasteiger partial charge on any atom is 0.417 e. The first-order valence-electron chi connectivity index (χ1n) is 16.3. The van der Waals surface area contributed by atoms with Gasteiger partial charge in [-0.2, -0.15) is 13.2 Å². The number of carbonyl (C=O) groups is 2. The summed E-state index contributed by atoms with van der Waals surface area (Å²) in [4.78, 5) is 29.1. The van der Waals surface area contributed by atoms with Crippen molar-refractivity contribution in [3.05, 3.63) is 107 Å². The van der Waals surface area contributed by atoms with Crippen LogP contribution in [0.4, 0.5) is 13.2 Å².